The van der Waals surface area contributed by atoms with Crippen LogP contribution in [0.15, 0.2) is 18.2 Å². The van der Waals surface area contributed by atoms with E-state index in [-0.39, 0.29) is 11.6 Å². The molecular formula is C13H15ClN2O. The Bertz CT molecular complexity index is 498. The van der Waals surface area contributed by atoms with E-state index in [0.717, 1.165) is 16.3 Å². The van der Waals surface area contributed by atoms with Crippen molar-refractivity contribution in [3.63, 3.8) is 0 Å². The van der Waals surface area contributed by atoms with Crippen molar-refractivity contribution < 1.29 is 4.79 Å². The maximum atomic E-state index is 12.0. The molecule has 0 saturated heterocycles. The number of amides is 2. The summed E-state index contributed by atoms with van der Waals surface area (Å²) in [5.41, 5.74) is 1.81. The van der Waals surface area contributed by atoms with Gasteiger partial charge in [-0.1, -0.05) is 11.6 Å². The minimum absolute atomic E-state index is 0.0331. The summed E-state index contributed by atoms with van der Waals surface area (Å²) in [4.78, 5) is 13.8. The van der Waals surface area contributed by atoms with Crippen molar-refractivity contribution in [2.45, 2.75) is 25.3 Å². The summed E-state index contributed by atoms with van der Waals surface area (Å²) >= 11 is 6.08. The Kier molecular flexibility index (Phi) is 2.17. The smallest absolute Gasteiger partial charge is 0.318 e. The van der Waals surface area contributed by atoms with Gasteiger partial charge in [-0.05, 0) is 43.9 Å². The zero-order valence-corrected chi connectivity index (χ0v) is 10.7. The van der Waals surface area contributed by atoms with Crippen molar-refractivity contribution in [3.05, 3.63) is 28.8 Å². The van der Waals surface area contributed by atoms with Gasteiger partial charge < -0.3 is 10.2 Å². The van der Waals surface area contributed by atoms with Crippen LogP contribution >= 0.6 is 11.6 Å². The van der Waals surface area contributed by atoms with E-state index in [4.69, 9.17) is 11.6 Å². The highest BCUT2D eigenvalue weighted by atomic mass is 35.5. The molecule has 3 rings (SSSR count). The highest BCUT2D eigenvalue weighted by Gasteiger charge is 2.50. The summed E-state index contributed by atoms with van der Waals surface area (Å²) in [5.74, 6) is 0.552. The number of fused-ring (bicyclic) bond motifs is 1. The standard InChI is InChI=1S/C13H15ClN2O/c1-13(8-3-4-8)10-7-9(14)5-6-11(10)15-12(17)16(13)2/h5-8H,3-4H2,1-2H3,(H,15,17). The average Bonchev–Trinajstić information content (AvgIpc) is 3.12. The van der Waals surface area contributed by atoms with Gasteiger partial charge in [0.05, 0.1) is 5.54 Å². The lowest BCUT2D eigenvalue weighted by molar-refractivity contribution is 0.133. The summed E-state index contributed by atoms with van der Waals surface area (Å²) in [6.45, 7) is 2.14. The molecule has 1 N–H and O–H groups in total. The van der Waals surface area contributed by atoms with Crippen molar-refractivity contribution >= 4 is 23.3 Å². The molecule has 3 nitrogen and oxygen atoms in total. The molecule has 0 bridgehead atoms. The monoisotopic (exact) mass is 250 g/mol. The zero-order valence-electron chi connectivity index (χ0n) is 9.96. The Morgan fingerprint density at radius 3 is 2.82 bits per heavy atom. The predicted octanol–water partition coefficient (Wildman–Crippen LogP) is 3.44. The van der Waals surface area contributed by atoms with E-state index in [9.17, 15) is 4.79 Å². The van der Waals surface area contributed by atoms with Crippen molar-refractivity contribution in [1.29, 1.82) is 0 Å². The Balaban J connectivity index is 2.20. The molecule has 4 heteroatoms. The van der Waals surface area contributed by atoms with Gasteiger partial charge in [0.25, 0.3) is 0 Å². The van der Waals surface area contributed by atoms with Crippen LogP contribution in [0.5, 0.6) is 0 Å². The molecule has 90 valence electrons. The molecule has 1 atom stereocenters. The molecule has 0 spiro atoms. The van der Waals surface area contributed by atoms with Gasteiger partial charge in [0, 0.05) is 23.3 Å². The first kappa shape index (κ1) is 10.9. The number of rotatable bonds is 1. The number of hydrogen-bond donors (Lipinski definition) is 1. The second-order valence-corrected chi connectivity index (χ2v) is 5.54. The molecule has 1 aromatic carbocycles. The summed E-state index contributed by atoms with van der Waals surface area (Å²) in [5, 5.41) is 3.63. The minimum atomic E-state index is -0.220. The summed E-state index contributed by atoms with van der Waals surface area (Å²) in [6.07, 6.45) is 2.36. The molecule has 1 heterocycles. The molecule has 1 saturated carbocycles. The first-order chi connectivity index (χ1) is 8.03. The van der Waals surface area contributed by atoms with Crippen LogP contribution in [-0.4, -0.2) is 18.0 Å². The molecule has 17 heavy (non-hydrogen) atoms. The molecule has 2 aliphatic rings. The SMILES string of the molecule is CN1C(=O)Nc2ccc(Cl)cc2C1(C)C1CC1. The van der Waals surface area contributed by atoms with Crippen molar-refractivity contribution in [3.8, 4) is 0 Å². The number of nitrogens with one attached hydrogen (secondary N) is 1. The van der Waals surface area contributed by atoms with Gasteiger partial charge in [-0.15, -0.1) is 0 Å². The number of hydrogen-bond acceptors (Lipinski definition) is 1. The van der Waals surface area contributed by atoms with Crippen molar-refractivity contribution in [2.75, 3.05) is 12.4 Å². The van der Waals surface area contributed by atoms with E-state index in [1.807, 2.05) is 30.1 Å². The molecule has 0 aromatic heterocycles. The van der Waals surface area contributed by atoms with E-state index >= 15 is 0 Å². The number of benzene rings is 1. The van der Waals surface area contributed by atoms with Crippen LogP contribution in [0.2, 0.25) is 5.02 Å². The van der Waals surface area contributed by atoms with Gasteiger partial charge >= 0.3 is 6.03 Å². The van der Waals surface area contributed by atoms with Crippen molar-refractivity contribution in [2.24, 2.45) is 5.92 Å². The van der Waals surface area contributed by atoms with Crippen LogP contribution in [0.1, 0.15) is 25.3 Å². The Morgan fingerprint density at radius 1 is 1.47 bits per heavy atom. The summed E-state index contributed by atoms with van der Waals surface area (Å²) in [6, 6.07) is 5.66. The lowest BCUT2D eigenvalue weighted by Gasteiger charge is -2.44. The highest BCUT2D eigenvalue weighted by Crippen LogP contribution is 2.52. The largest absolute Gasteiger partial charge is 0.322 e. The van der Waals surface area contributed by atoms with Gasteiger partial charge in [0.15, 0.2) is 0 Å². The van der Waals surface area contributed by atoms with Gasteiger partial charge in [0.2, 0.25) is 0 Å². The van der Waals surface area contributed by atoms with Gasteiger partial charge in [-0.3, -0.25) is 0 Å². The van der Waals surface area contributed by atoms with Gasteiger partial charge in [0.1, 0.15) is 0 Å². The quantitative estimate of drug-likeness (QED) is 0.814. The lowest BCUT2D eigenvalue weighted by atomic mass is 9.83. The summed E-state index contributed by atoms with van der Waals surface area (Å²) < 4.78 is 0. The van der Waals surface area contributed by atoms with E-state index < -0.39 is 0 Å². The van der Waals surface area contributed by atoms with Crippen molar-refractivity contribution in [1.82, 2.24) is 4.90 Å². The van der Waals surface area contributed by atoms with E-state index in [2.05, 4.69) is 12.2 Å². The average molecular weight is 251 g/mol. The fourth-order valence-corrected chi connectivity index (χ4v) is 2.95. The minimum Gasteiger partial charge on any atom is -0.318 e. The fraction of sp³-hybridized carbons (Fsp3) is 0.462. The fourth-order valence-electron chi connectivity index (χ4n) is 2.77. The Morgan fingerprint density at radius 2 is 2.18 bits per heavy atom. The first-order valence-electron chi connectivity index (χ1n) is 5.88. The molecule has 2 amide bonds. The maximum absolute atomic E-state index is 12.0. The number of halogens is 1. The molecule has 0 radical (unpaired) electrons. The topological polar surface area (TPSA) is 32.3 Å². The van der Waals surface area contributed by atoms with Crippen LogP contribution < -0.4 is 5.32 Å². The normalized spacial score (nSPS) is 27.7. The molecule has 1 aliphatic carbocycles. The first-order valence-corrected chi connectivity index (χ1v) is 6.26. The van der Waals surface area contributed by atoms with E-state index in [1.165, 1.54) is 12.8 Å². The Hall–Kier alpha value is -1.22. The Labute approximate surface area is 106 Å². The molecule has 1 unspecified atom stereocenters. The number of carbonyl (C=O) groups is 1. The highest BCUT2D eigenvalue weighted by molar-refractivity contribution is 6.30. The number of carbonyl (C=O) groups excluding carboxylic acids is 1. The number of nitrogens with zero attached hydrogens (tertiary/aromatic N) is 1. The lowest BCUT2D eigenvalue weighted by Crippen LogP contribution is -2.52. The zero-order chi connectivity index (χ0) is 12.2. The number of urea groups is 1. The summed E-state index contributed by atoms with van der Waals surface area (Å²) in [7, 11) is 1.86. The van der Waals surface area contributed by atoms with Crippen LogP contribution in [0.4, 0.5) is 10.5 Å². The van der Waals surface area contributed by atoms with Gasteiger partial charge in [-0.2, -0.15) is 0 Å². The third kappa shape index (κ3) is 1.45. The molecular weight excluding hydrogens is 236 g/mol. The van der Waals surface area contributed by atoms with Crippen LogP contribution in [0.25, 0.3) is 0 Å². The third-order valence-electron chi connectivity index (χ3n) is 4.14. The van der Waals surface area contributed by atoms with Gasteiger partial charge in [-0.25, -0.2) is 4.79 Å². The second-order valence-electron chi connectivity index (χ2n) is 5.10. The molecule has 1 aliphatic heterocycles. The van der Waals surface area contributed by atoms with Crippen LogP contribution in [-0.2, 0) is 5.54 Å². The predicted molar refractivity (Wildman–Crippen MR) is 68.3 cm³/mol. The second kappa shape index (κ2) is 3.39. The van der Waals surface area contributed by atoms with E-state index in [0.29, 0.717) is 5.92 Å². The molecule has 1 aromatic rings. The van der Waals surface area contributed by atoms with Crippen LogP contribution in [0, 0.1) is 5.92 Å². The third-order valence-corrected chi connectivity index (χ3v) is 4.38. The van der Waals surface area contributed by atoms with E-state index in [1.54, 1.807) is 0 Å². The molecule has 1 fully saturated rings. The number of anilines is 1. The maximum Gasteiger partial charge on any atom is 0.322 e. The van der Waals surface area contributed by atoms with Crippen LogP contribution in [0.3, 0.4) is 0 Å².